The van der Waals surface area contributed by atoms with Gasteiger partial charge in [0.25, 0.3) is 18.2 Å². The molecule has 3 amide bonds. The molecule has 2 fully saturated rings. The number of benzene rings is 1. The number of hydrogen-bond donors (Lipinski definition) is 2. The molecule has 1 saturated carbocycles. The summed E-state index contributed by atoms with van der Waals surface area (Å²) in [5.74, 6) is -1.90. The number of hydrogen-bond acceptors (Lipinski definition) is 5. The van der Waals surface area contributed by atoms with E-state index < -0.39 is 29.8 Å². The number of amides is 3. The van der Waals surface area contributed by atoms with Gasteiger partial charge in [0.2, 0.25) is 5.91 Å². The van der Waals surface area contributed by atoms with Crippen LogP contribution in [-0.2, 0) is 19.1 Å². The summed E-state index contributed by atoms with van der Waals surface area (Å²) in [5.41, 5.74) is 5.16. The van der Waals surface area contributed by atoms with E-state index in [1.54, 1.807) is 11.8 Å². The first kappa shape index (κ1) is 21.1. The summed E-state index contributed by atoms with van der Waals surface area (Å²) in [6, 6.07) is 2.80. The zero-order chi connectivity index (χ0) is 21.1. The highest BCUT2D eigenvalue weighted by Gasteiger charge is 2.39. The van der Waals surface area contributed by atoms with Gasteiger partial charge in [0, 0.05) is 29.5 Å². The second kappa shape index (κ2) is 8.83. The summed E-state index contributed by atoms with van der Waals surface area (Å²) in [6.45, 7) is 2.69. The lowest BCUT2D eigenvalue weighted by Crippen LogP contribution is -2.53. The maximum atomic E-state index is 13.7. The zero-order valence-corrected chi connectivity index (χ0v) is 16.1. The molecular weight excluding hydrogens is 386 g/mol. The largest absolute Gasteiger partial charge is 0.370 e. The third-order valence-electron chi connectivity index (χ3n) is 5.06. The minimum atomic E-state index is -2.89. The maximum Gasteiger partial charge on any atom is 0.265 e. The molecule has 3 N–H and O–H groups in total. The molecule has 1 aliphatic carbocycles. The summed E-state index contributed by atoms with van der Waals surface area (Å²) in [7, 11) is 0. The fourth-order valence-electron chi connectivity index (χ4n) is 3.51. The van der Waals surface area contributed by atoms with Crippen LogP contribution in [0.4, 0.5) is 20.2 Å². The number of carbonyl (C=O) groups excluding carboxylic acids is 3. The minimum absolute atomic E-state index is 0.0903. The molecule has 1 heterocycles. The van der Waals surface area contributed by atoms with Crippen molar-refractivity contribution in [3.63, 3.8) is 0 Å². The van der Waals surface area contributed by atoms with E-state index in [1.165, 1.54) is 23.1 Å². The molecule has 1 saturated heterocycles. The van der Waals surface area contributed by atoms with E-state index in [9.17, 15) is 23.2 Å². The van der Waals surface area contributed by atoms with Crippen molar-refractivity contribution in [3.05, 3.63) is 23.8 Å². The highest BCUT2D eigenvalue weighted by Crippen LogP contribution is 2.33. The Kier molecular flexibility index (Phi) is 6.43. The SMILES string of the molecule is CCN(C1CC1)[C@H](C(N)=O)C(=O)Nc1ccc(N2CCOCC2=O)cc1C(F)F. The first-order valence-electron chi connectivity index (χ1n) is 9.49. The minimum Gasteiger partial charge on any atom is -0.370 e. The van der Waals surface area contributed by atoms with E-state index >= 15 is 0 Å². The normalized spacial score (nSPS) is 18.2. The average Bonchev–Trinajstić information content (AvgIpc) is 3.51. The lowest BCUT2D eigenvalue weighted by atomic mass is 10.1. The van der Waals surface area contributed by atoms with Crippen molar-refractivity contribution in [2.24, 2.45) is 5.73 Å². The van der Waals surface area contributed by atoms with Crippen molar-refractivity contribution in [2.75, 3.05) is 36.5 Å². The van der Waals surface area contributed by atoms with Crippen LogP contribution in [0.25, 0.3) is 0 Å². The molecule has 0 unspecified atom stereocenters. The Morgan fingerprint density at radius 3 is 2.66 bits per heavy atom. The van der Waals surface area contributed by atoms with Crippen LogP contribution in [0, 0.1) is 0 Å². The summed E-state index contributed by atoms with van der Waals surface area (Å²) in [5, 5.41) is 2.42. The average molecular weight is 410 g/mol. The quantitative estimate of drug-likeness (QED) is 0.628. The third kappa shape index (κ3) is 4.70. The van der Waals surface area contributed by atoms with Crippen LogP contribution in [-0.4, -0.2) is 61.0 Å². The van der Waals surface area contributed by atoms with Gasteiger partial charge in [0.1, 0.15) is 6.61 Å². The number of nitrogens with one attached hydrogen (secondary N) is 1. The zero-order valence-electron chi connectivity index (χ0n) is 16.1. The molecule has 29 heavy (non-hydrogen) atoms. The summed E-state index contributed by atoms with van der Waals surface area (Å²) >= 11 is 0. The lowest BCUT2D eigenvalue weighted by molar-refractivity contribution is -0.132. The van der Waals surface area contributed by atoms with E-state index in [0.29, 0.717) is 18.8 Å². The Morgan fingerprint density at radius 1 is 1.38 bits per heavy atom. The molecule has 0 radical (unpaired) electrons. The van der Waals surface area contributed by atoms with Gasteiger partial charge in [-0.15, -0.1) is 0 Å². The summed E-state index contributed by atoms with van der Waals surface area (Å²) in [6.07, 6.45) is -1.18. The van der Waals surface area contributed by atoms with E-state index in [4.69, 9.17) is 10.5 Å². The van der Waals surface area contributed by atoms with Gasteiger partial charge in [-0.1, -0.05) is 6.92 Å². The fourth-order valence-corrected chi connectivity index (χ4v) is 3.51. The molecule has 1 aromatic carbocycles. The Bertz CT molecular complexity index is 800. The highest BCUT2D eigenvalue weighted by atomic mass is 19.3. The molecule has 10 heteroatoms. The van der Waals surface area contributed by atoms with Crippen molar-refractivity contribution >= 4 is 29.1 Å². The lowest BCUT2D eigenvalue weighted by Gasteiger charge is -2.29. The first-order valence-corrected chi connectivity index (χ1v) is 9.49. The third-order valence-corrected chi connectivity index (χ3v) is 5.06. The van der Waals surface area contributed by atoms with Crippen LogP contribution in [0.5, 0.6) is 0 Å². The maximum absolute atomic E-state index is 13.7. The van der Waals surface area contributed by atoms with Gasteiger partial charge >= 0.3 is 0 Å². The van der Waals surface area contributed by atoms with Gasteiger partial charge in [-0.05, 0) is 37.6 Å². The monoisotopic (exact) mass is 410 g/mol. The molecule has 1 atom stereocenters. The van der Waals surface area contributed by atoms with Gasteiger partial charge in [-0.25, -0.2) is 8.78 Å². The number of anilines is 2. The van der Waals surface area contributed by atoms with Crippen LogP contribution in [0.3, 0.4) is 0 Å². The highest BCUT2D eigenvalue weighted by molar-refractivity contribution is 6.10. The number of nitrogens with zero attached hydrogens (tertiary/aromatic N) is 2. The van der Waals surface area contributed by atoms with Crippen LogP contribution < -0.4 is 16.0 Å². The molecule has 0 bridgehead atoms. The second-order valence-corrected chi connectivity index (χ2v) is 7.03. The van der Waals surface area contributed by atoms with Crippen LogP contribution in [0.15, 0.2) is 18.2 Å². The van der Waals surface area contributed by atoms with Crippen molar-refractivity contribution in [1.29, 1.82) is 0 Å². The molecule has 0 spiro atoms. The number of ether oxygens (including phenoxy) is 1. The molecule has 8 nitrogen and oxygen atoms in total. The Labute approximate surface area is 167 Å². The number of primary amides is 1. The Balaban J connectivity index is 1.84. The van der Waals surface area contributed by atoms with E-state index in [2.05, 4.69) is 5.32 Å². The second-order valence-electron chi connectivity index (χ2n) is 7.03. The van der Waals surface area contributed by atoms with E-state index in [-0.39, 0.29) is 30.8 Å². The summed E-state index contributed by atoms with van der Waals surface area (Å²) < 4.78 is 32.4. The first-order chi connectivity index (χ1) is 13.8. The van der Waals surface area contributed by atoms with Gasteiger partial charge < -0.3 is 20.7 Å². The fraction of sp³-hybridized carbons (Fsp3) is 0.526. The Morgan fingerprint density at radius 2 is 2.10 bits per heavy atom. The molecule has 0 aromatic heterocycles. The predicted molar refractivity (Wildman–Crippen MR) is 102 cm³/mol. The molecule has 158 valence electrons. The molecule has 1 aromatic rings. The van der Waals surface area contributed by atoms with Gasteiger partial charge in [-0.2, -0.15) is 0 Å². The van der Waals surface area contributed by atoms with Crippen LogP contribution in [0.1, 0.15) is 31.8 Å². The Hall–Kier alpha value is -2.59. The number of morpholine rings is 1. The van der Waals surface area contributed by atoms with Crippen molar-refractivity contribution < 1.29 is 27.9 Å². The number of halogens is 2. The number of carbonyl (C=O) groups is 3. The van der Waals surface area contributed by atoms with E-state index in [0.717, 1.165) is 12.8 Å². The van der Waals surface area contributed by atoms with Crippen molar-refractivity contribution in [3.8, 4) is 0 Å². The number of rotatable bonds is 8. The standard InChI is InChI=1S/C19H24F2N4O4/c1-2-24(11-3-4-11)16(18(22)27)19(28)23-14-6-5-12(9-13(14)17(20)21)25-7-8-29-10-15(25)26/h5-6,9,11,16-17H,2-4,7-8,10H2,1H3,(H2,22,27)(H,23,28)/t16-/m1/s1. The molecular formula is C19H24F2N4O4. The number of likely N-dealkylation sites (N-methyl/N-ethyl adjacent to an activating group) is 1. The summed E-state index contributed by atoms with van der Waals surface area (Å²) in [4.78, 5) is 39.6. The number of alkyl halides is 2. The van der Waals surface area contributed by atoms with Gasteiger partial charge in [-0.3, -0.25) is 19.3 Å². The topological polar surface area (TPSA) is 105 Å². The molecule has 2 aliphatic rings. The molecule has 1 aliphatic heterocycles. The van der Waals surface area contributed by atoms with Gasteiger partial charge in [0.15, 0.2) is 6.04 Å². The van der Waals surface area contributed by atoms with Crippen molar-refractivity contribution in [2.45, 2.75) is 38.3 Å². The van der Waals surface area contributed by atoms with Crippen LogP contribution >= 0.6 is 0 Å². The predicted octanol–water partition coefficient (Wildman–Crippen LogP) is 1.26. The smallest absolute Gasteiger partial charge is 0.265 e. The van der Waals surface area contributed by atoms with Crippen molar-refractivity contribution in [1.82, 2.24) is 4.90 Å². The van der Waals surface area contributed by atoms with E-state index in [1.807, 2.05) is 0 Å². The number of nitrogens with two attached hydrogens (primary N) is 1. The van der Waals surface area contributed by atoms with Crippen LogP contribution in [0.2, 0.25) is 0 Å². The van der Waals surface area contributed by atoms with Gasteiger partial charge in [0.05, 0.1) is 6.61 Å². The molecule has 3 rings (SSSR count).